The van der Waals surface area contributed by atoms with Crippen LogP contribution in [0.15, 0.2) is 18.3 Å². The summed E-state index contributed by atoms with van der Waals surface area (Å²) in [5, 5.41) is 0. The third kappa shape index (κ3) is 1.52. The molecule has 0 radical (unpaired) electrons. The smallest absolute Gasteiger partial charge is 0.356 e. The molecule has 1 rings (SSSR count). The van der Waals surface area contributed by atoms with Crippen molar-refractivity contribution >= 4 is 5.97 Å². The summed E-state index contributed by atoms with van der Waals surface area (Å²) in [7, 11) is 0. The van der Waals surface area contributed by atoms with Gasteiger partial charge in [0.05, 0.1) is 6.61 Å². The molecule has 0 saturated carbocycles. The highest BCUT2D eigenvalue weighted by molar-refractivity contribution is 5.87. The molecule has 60 valence electrons. The van der Waals surface area contributed by atoms with E-state index < -0.39 is 0 Å². The molecule has 0 saturated heterocycles. The summed E-state index contributed by atoms with van der Waals surface area (Å²) < 4.78 is 5.96. The first-order valence-corrected chi connectivity index (χ1v) is 3.35. The summed E-state index contributed by atoms with van der Waals surface area (Å²) in [6.45, 7) is 2.12. The predicted molar refractivity (Wildman–Crippen MR) is 40.5 cm³/mol. The predicted octanol–water partition coefficient (Wildman–Crippen LogP) is 0.379. The second kappa shape index (κ2) is 3.09. The molecule has 1 aromatic heterocycles. The van der Waals surface area contributed by atoms with Crippen molar-refractivity contribution in [1.82, 2.24) is 4.68 Å². The molecule has 0 unspecified atom stereocenters. The molecular weight excluding hydrogens is 144 g/mol. The molecule has 4 nitrogen and oxygen atoms in total. The normalized spacial score (nSPS) is 9.55. The van der Waals surface area contributed by atoms with Crippen LogP contribution in [0, 0.1) is 0 Å². The Morgan fingerprint density at radius 3 is 3.00 bits per heavy atom. The summed E-state index contributed by atoms with van der Waals surface area (Å²) >= 11 is 0. The van der Waals surface area contributed by atoms with Crippen LogP contribution in [0.2, 0.25) is 0 Å². The third-order valence-electron chi connectivity index (χ3n) is 1.26. The fraction of sp³-hybridized carbons (Fsp3) is 0.286. The zero-order valence-corrected chi connectivity index (χ0v) is 6.28. The standard InChI is InChI=1S/C7H10N2O2/c1-2-11-7(10)6-4-3-5-9(6)8/h3-5H,2,8H2,1H3. The number of aromatic nitrogens is 1. The van der Waals surface area contributed by atoms with Gasteiger partial charge in [-0.1, -0.05) is 0 Å². The van der Waals surface area contributed by atoms with Gasteiger partial charge < -0.3 is 10.6 Å². The molecule has 0 aliphatic rings. The molecule has 1 heterocycles. The molecule has 0 amide bonds. The van der Waals surface area contributed by atoms with Crippen LogP contribution in [0.25, 0.3) is 0 Å². The minimum atomic E-state index is -0.389. The van der Waals surface area contributed by atoms with Crippen LogP contribution >= 0.6 is 0 Å². The van der Waals surface area contributed by atoms with Crippen molar-refractivity contribution in [1.29, 1.82) is 0 Å². The van der Waals surface area contributed by atoms with Crippen molar-refractivity contribution in [2.24, 2.45) is 0 Å². The van der Waals surface area contributed by atoms with E-state index in [1.165, 1.54) is 4.68 Å². The zero-order valence-electron chi connectivity index (χ0n) is 6.28. The van der Waals surface area contributed by atoms with Crippen LogP contribution in [0.3, 0.4) is 0 Å². The van der Waals surface area contributed by atoms with Crippen LogP contribution in [0.5, 0.6) is 0 Å². The number of nitrogens with two attached hydrogens (primary N) is 1. The Labute approximate surface area is 64.5 Å². The molecule has 1 aromatic rings. The Bertz CT molecular complexity index is 255. The lowest BCUT2D eigenvalue weighted by Gasteiger charge is -2.01. The largest absolute Gasteiger partial charge is 0.461 e. The highest BCUT2D eigenvalue weighted by Gasteiger charge is 2.08. The number of rotatable bonds is 2. The van der Waals surface area contributed by atoms with Crippen LogP contribution in [0.1, 0.15) is 17.4 Å². The molecule has 4 heteroatoms. The minimum absolute atomic E-state index is 0.365. The van der Waals surface area contributed by atoms with Gasteiger partial charge >= 0.3 is 5.97 Å². The van der Waals surface area contributed by atoms with Gasteiger partial charge in [0.1, 0.15) is 5.69 Å². The highest BCUT2D eigenvalue weighted by atomic mass is 16.5. The topological polar surface area (TPSA) is 57.2 Å². The first-order valence-electron chi connectivity index (χ1n) is 3.35. The lowest BCUT2D eigenvalue weighted by atomic mass is 10.4. The third-order valence-corrected chi connectivity index (χ3v) is 1.26. The molecular formula is C7H10N2O2. The van der Waals surface area contributed by atoms with E-state index in [4.69, 9.17) is 10.6 Å². The molecule has 0 atom stereocenters. The van der Waals surface area contributed by atoms with Crippen molar-refractivity contribution in [2.75, 3.05) is 12.4 Å². The number of hydrogen-bond donors (Lipinski definition) is 1. The number of nitrogens with zero attached hydrogens (tertiary/aromatic N) is 1. The van der Waals surface area contributed by atoms with Gasteiger partial charge in [0, 0.05) is 6.20 Å². The van der Waals surface area contributed by atoms with Crippen LogP contribution in [-0.2, 0) is 4.74 Å². The van der Waals surface area contributed by atoms with E-state index in [1.807, 2.05) is 0 Å². The van der Waals surface area contributed by atoms with Crippen LogP contribution in [-0.4, -0.2) is 17.3 Å². The molecule has 0 aliphatic heterocycles. The first kappa shape index (κ1) is 7.65. The van der Waals surface area contributed by atoms with Crippen molar-refractivity contribution in [3.05, 3.63) is 24.0 Å². The molecule has 0 spiro atoms. The Balaban J connectivity index is 2.76. The number of carbonyl (C=O) groups excluding carboxylic acids is 1. The van der Waals surface area contributed by atoms with Crippen LogP contribution < -0.4 is 5.84 Å². The molecule has 0 aromatic carbocycles. The maximum absolute atomic E-state index is 11.0. The second-order valence-corrected chi connectivity index (χ2v) is 2.02. The minimum Gasteiger partial charge on any atom is -0.461 e. The van der Waals surface area contributed by atoms with E-state index in [-0.39, 0.29) is 5.97 Å². The second-order valence-electron chi connectivity index (χ2n) is 2.02. The summed E-state index contributed by atoms with van der Waals surface area (Å²) in [5.74, 6) is 5.00. The van der Waals surface area contributed by atoms with Gasteiger partial charge in [-0.05, 0) is 19.1 Å². The van der Waals surface area contributed by atoms with Gasteiger partial charge in [-0.2, -0.15) is 0 Å². The van der Waals surface area contributed by atoms with E-state index in [0.717, 1.165) is 0 Å². The lowest BCUT2D eigenvalue weighted by molar-refractivity contribution is 0.0516. The molecule has 0 aliphatic carbocycles. The van der Waals surface area contributed by atoms with Gasteiger partial charge in [0.2, 0.25) is 0 Å². The quantitative estimate of drug-likeness (QED) is 0.495. The Morgan fingerprint density at radius 2 is 2.55 bits per heavy atom. The van der Waals surface area contributed by atoms with Crippen LogP contribution in [0.4, 0.5) is 0 Å². The van der Waals surface area contributed by atoms with Gasteiger partial charge in [0.15, 0.2) is 0 Å². The fourth-order valence-corrected chi connectivity index (χ4v) is 0.772. The number of hydrogen-bond acceptors (Lipinski definition) is 3. The monoisotopic (exact) mass is 154 g/mol. The molecule has 11 heavy (non-hydrogen) atoms. The highest BCUT2D eigenvalue weighted by Crippen LogP contribution is 1.99. The zero-order chi connectivity index (χ0) is 8.27. The van der Waals surface area contributed by atoms with E-state index in [1.54, 1.807) is 25.3 Å². The summed E-state index contributed by atoms with van der Waals surface area (Å²) in [6, 6.07) is 3.30. The first-order chi connectivity index (χ1) is 5.25. The van der Waals surface area contributed by atoms with E-state index >= 15 is 0 Å². The van der Waals surface area contributed by atoms with E-state index in [0.29, 0.717) is 12.3 Å². The van der Waals surface area contributed by atoms with Crippen molar-refractivity contribution in [3.8, 4) is 0 Å². The SMILES string of the molecule is CCOC(=O)c1cccn1N. The summed E-state index contributed by atoms with van der Waals surface area (Å²) in [6.07, 6.45) is 1.59. The Hall–Kier alpha value is -1.45. The van der Waals surface area contributed by atoms with Gasteiger partial charge in [-0.3, -0.25) is 4.68 Å². The van der Waals surface area contributed by atoms with Gasteiger partial charge in [-0.25, -0.2) is 4.79 Å². The molecule has 0 bridgehead atoms. The average molecular weight is 154 g/mol. The maximum atomic E-state index is 11.0. The van der Waals surface area contributed by atoms with E-state index in [2.05, 4.69) is 0 Å². The average Bonchev–Trinajstić information content (AvgIpc) is 2.36. The lowest BCUT2D eigenvalue weighted by Crippen LogP contribution is -2.16. The Kier molecular flexibility index (Phi) is 2.15. The van der Waals surface area contributed by atoms with E-state index in [9.17, 15) is 4.79 Å². The molecule has 2 N–H and O–H groups in total. The van der Waals surface area contributed by atoms with Crippen molar-refractivity contribution in [2.45, 2.75) is 6.92 Å². The number of carbonyl (C=O) groups is 1. The number of esters is 1. The summed E-state index contributed by atoms with van der Waals surface area (Å²) in [4.78, 5) is 11.0. The van der Waals surface area contributed by atoms with Gasteiger partial charge in [-0.15, -0.1) is 0 Å². The fourth-order valence-electron chi connectivity index (χ4n) is 0.772. The van der Waals surface area contributed by atoms with Gasteiger partial charge in [0.25, 0.3) is 0 Å². The Morgan fingerprint density at radius 1 is 1.82 bits per heavy atom. The maximum Gasteiger partial charge on any atom is 0.356 e. The number of nitrogen functional groups attached to an aromatic ring is 1. The summed E-state index contributed by atoms with van der Waals surface area (Å²) in [5.41, 5.74) is 0.367. The number of ether oxygens (including phenoxy) is 1. The van der Waals surface area contributed by atoms with Crippen molar-refractivity contribution < 1.29 is 9.53 Å². The van der Waals surface area contributed by atoms with Crippen molar-refractivity contribution in [3.63, 3.8) is 0 Å². The molecule has 0 fully saturated rings.